The van der Waals surface area contributed by atoms with Gasteiger partial charge in [0.2, 0.25) is 5.91 Å². The van der Waals surface area contributed by atoms with Crippen molar-refractivity contribution in [1.82, 2.24) is 10.2 Å². The standard InChI is InChI=1S/C16H29N3O/c1-11(2)9-19(14-7-8-14)10-16(15(17)20,12-3-4-12)18-13-5-6-13/h11-14,18H,3-10H2,1-2H3,(H2,17,20). The van der Waals surface area contributed by atoms with Gasteiger partial charge in [-0.05, 0) is 50.4 Å². The van der Waals surface area contributed by atoms with Crippen LogP contribution in [0.15, 0.2) is 0 Å². The molecule has 3 fully saturated rings. The van der Waals surface area contributed by atoms with E-state index >= 15 is 0 Å². The summed E-state index contributed by atoms with van der Waals surface area (Å²) in [5.74, 6) is 0.983. The van der Waals surface area contributed by atoms with Gasteiger partial charge < -0.3 is 5.73 Å². The van der Waals surface area contributed by atoms with Crippen molar-refractivity contribution < 1.29 is 4.79 Å². The van der Waals surface area contributed by atoms with Crippen LogP contribution in [-0.2, 0) is 4.79 Å². The molecule has 4 heteroatoms. The largest absolute Gasteiger partial charge is 0.368 e. The van der Waals surface area contributed by atoms with Crippen LogP contribution in [0.25, 0.3) is 0 Å². The number of carbonyl (C=O) groups is 1. The summed E-state index contributed by atoms with van der Waals surface area (Å²) in [4.78, 5) is 14.8. The first-order valence-corrected chi connectivity index (χ1v) is 8.33. The molecule has 0 aliphatic heterocycles. The molecular formula is C16H29N3O. The van der Waals surface area contributed by atoms with Crippen LogP contribution in [0.5, 0.6) is 0 Å². The van der Waals surface area contributed by atoms with Gasteiger partial charge in [0.15, 0.2) is 0 Å². The number of nitrogens with zero attached hydrogens (tertiary/aromatic N) is 1. The Kier molecular flexibility index (Phi) is 3.80. The summed E-state index contributed by atoms with van der Waals surface area (Å²) in [5, 5.41) is 3.64. The molecule has 0 aromatic heterocycles. The fraction of sp³-hybridized carbons (Fsp3) is 0.938. The molecule has 4 nitrogen and oxygen atoms in total. The zero-order valence-corrected chi connectivity index (χ0v) is 12.9. The van der Waals surface area contributed by atoms with Crippen molar-refractivity contribution in [2.45, 2.75) is 70.0 Å². The van der Waals surface area contributed by atoms with E-state index in [0.29, 0.717) is 23.9 Å². The fourth-order valence-electron chi connectivity index (χ4n) is 3.38. The van der Waals surface area contributed by atoms with Gasteiger partial charge in [-0.2, -0.15) is 0 Å². The summed E-state index contributed by atoms with van der Waals surface area (Å²) in [6.07, 6.45) is 7.29. The molecule has 20 heavy (non-hydrogen) atoms. The second-order valence-corrected chi connectivity index (χ2v) is 7.58. The molecule has 3 aliphatic rings. The average Bonchev–Trinajstić information content (AvgIpc) is 3.25. The van der Waals surface area contributed by atoms with Crippen LogP contribution in [0.1, 0.15) is 52.4 Å². The highest BCUT2D eigenvalue weighted by Crippen LogP contribution is 2.43. The van der Waals surface area contributed by atoms with Crippen LogP contribution in [-0.4, -0.2) is 41.5 Å². The summed E-state index contributed by atoms with van der Waals surface area (Å²) >= 11 is 0. The third kappa shape index (κ3) is 3.17. The number of hydrogen-bond donors (Lipinski definition) is 2. The maximum Gasteiger partial charge on any atom is 0.239 e. The lowest BCUT2D eigenvalue weighted by Crippen LogP contribution is -2.64. The molecule has 0 spiro atoms. The number of hydrogen-bond acceptors (Lipinski definition) is 3. The number of amides is 1. The van der Waals surface area contributed by atoms with Crippen LogP contribution < -0.4 is 11.1 Å². The molecule has 0 heterocycles. The van der Waals surface area contributed by atoms with Crippen LogP contribution >= 0.6 is 0 Å². The molecule has 0 saturated heterocycles. The van der Waals surface area contributed by atoms with Crippen molar-refractivity contribution in [3.05, 3.63) is 0 Å². The fourth-order valence-corrected chi connectivity index (χ4v) is 3.38. The third-order valence-electron chi connectivity index (χ3n) is 4.87. The smallest absolute Gasteiger partial charge is 0.239 e. The summed E-state index contributed by atoms with van der Waals surface area (Å²) in [6.45, 7) is 6.42. The van der Waals surface area contributed by atoms with Gasteiger partial charge >= 0.3 is 0 Å². The summed E-state index contributed by atoms with van der Waals surface area (Å²) in [7, 11) is 0. The lowest BCUT2D eigenvalue weighted by atomic mass is 9.90. The highest BCUT2D eigenvalue weighted by molar-refractivity contribution is 5.86. The van der Waals surface area contributed by atoms with E-state index in [1.807, 2.05) is 0 Å². The number of nitrogens with one attached hydrogen (secondary N) is 1. The van der Waals surface area contributed by atoms with E-state index in [-0.39, 0.29) is 5.91 Å². The van der Waals surface area contributed by atoms with Gasteiger partial charge in [0.25, 0.3) is 0 Å². The third-order valence-corrected chi connectivity index (χ3v) is 4.87. The highest BCUT2D eigenvalue weighted by atomic mass is 16.1. The van der Waals surface area contributed by atoms with Gasteiger partial charge in [-0.25, -0.2) is 0 Å². The maximum atomic E-state index is 12.3. The van der Waals surface area contributed by atoms with Gasteiger partial charge in [0.1, 0.15) is 5.54 Å². The highest BCUT2D eigenvalue weighted by Gasteiger charge is 2.53. The predicted octanol–water partition coefficient (Wildman–Crippen LogP) is 1.49. The van der Waals surface area contributed by atoms with Crippen molar-refractivity contribution in [1.29, 1.82) is 0 Å². The summed E-state index contributed by atoms with van der Waals surface area (Å²) in [6, 6.07) is 1.22. The first-order valence-electron chi connectivity index (χ1n) is 8.33. The molecule has 0 aromatic rings. The molecule has 0 aromatic carbocycles. The van der Waals surface area contributed by atoms with Crippen LogP contribution in [0.4, 0.5) is 0 Å². The zero-order valence-electron chi connectivity index (χ0n) is 12.9. The Bertz CT molecular complexity index is 372. The maximum absolute atomic E-state index is 12.3. The number of carbonyl (C=O) groups excluding carboxylic acids is 1. The van der Waals surface area contributed by atoms with E-state index in [2.05, 4.69) is 24.1 Å². The predicted molar refractivity (Wildman–Crippen MR) is 80.2 cm³/mol. The Morgan fingerprint density at radius 3 is 2.30 bits per heavy atom. The van der Waals surface area contributed by atoms with Crippen molar-refractivity contribution >= 4 is 5.91 Å². The molecule has 3 N–H and O–H groups in total. The van der Waals surface area contributed by atoms with E-state index in [1.54, 1.807) is 0 Å². The second-order valence-electron chi connectivity index (χ2n) is 7.58. The molecule has 1 unspecified atom stereocenters. The lowest BCUT2D eigenvalue weighted by molar-refractivity contribution is -0.126. The number of rotatable bonds is 9. The quantitative estimate of drug-likeness (QED) is 0.672. The zero-order chi connectivity index (χ0) is 14.3. The van der Waals surface area contributed by atoms with Crippen LogP contribution in [0, 0.1) is 11.8 Å². The summed E-state index contributed by atoms with van der Waals surface area (Å²) in [5.41, 5.74) is 5.40. The monoisotopic (exact) mass is 279 g/mol. The molecule has 1 amide bonds. The Morgan fingerprint density at radius 2 is 1.90 bits per heavy atom. The van der Waals surface area contributed by atoms with Crippen LogP contribution in [0.2, 0.25) is 0 Å². The molecule has 1 atom stereocenters. The van der Waals surface area contributed by atoms with Crippen molar-refractivity contribution in [2.24, 2.45) is 17.6 Å². The van der Waals surface area contributed by atoms with E-state index in [4.69, 9.17) is 5.73 Å². The Morgan fingerprint density at radius 1 is 1.25 bits per heavy atom. The minimum atomic E-state index is -0.460. The first-order chi connectivity index (χ1) is 9.51. The average molecular weight is 279 g/mol. The molecule has 0 radical (unpaired) electrons. The molecule has 3 rings (SSSR count). The molecule has 3 saturated carbocycles. The van der Waals surface area contributed by atoms with Crippen molar-refractivity contribution in [3.63, 3.8) is 0 Å². The normalized spacial score (nSPS) is 26.0. The molecule has 3 aliphatic carbocycles. The van der Waals surface area contributed by atoms with Crippen molar-refractivity contribution in [2.75, 3.05) is 13.1 Å². The van der Waals surface area contributed by atoms with Crippen molar-refractivity contribution in [3.8, 4) is 0 Å². The molecule has 0 bridgehead atoms. The van der Waals surface area contributed by atoms with E-state index in [9.17, 15) is 4.79 Å². The summed E-state index contributed by atoms with van der Waals surface area (Å²) < 4.78 is 0. The minimum absolute atomic E-state index is 0.124. The van der Waals surface area contributed by atoms with Gasteiger partial charge in [0.05, 0.1) is 0 Å². The minimum Gasteiger partial charge on any atom is -0.368 e. The van der Waals surface area contributed by atoms with Gasteiger partial charge in [-0.15, -0.1) is 0 Å². The topological polar surface area (TPSA) is 58.4 Å². The van der Waals surface area contributed by atoms with Gasteiger partial charge in [-0.1, -0.05) is 13.8 Å². The van der Waals surface area contributed by atoms with E-state index in [0.717, 1.165) is 25.9 Å². The van der Waals surface area contributed by atoms with E-state index < -0.39 is 5.54 Å². The second kappa shape index (κ2) is 5.30. The Labute approximate surface area is 122 Å². The number of nitrogens with two attached hydrogens (primary N) is 1. The van der Waals surface area contributed by atoms with Gasteiger partial charge in [0, 0.05) is 25.2 Å². The number of primary amides is 1. The SMILES string of the molecule is CC(C)CN(CC(NC1CC1)(C(N)=O)C1CC1)C1CC1. The van der Waals surface area contributed by atoms with Crippen LogP contribution in [0.3, 0.4) is 0 Å². The molecule has 114 valence electrons. The first kappa shape index (κ1) is 14.3. The van der Waals surface area contributed by atoms with E-state index in [1.165, 1.54) is 25.7 Å². The lowest BCUT2D eigenvalue weighted by Gasteiger charge is -2.38. The van der Waals surface area contributed by atoms with Gasteiger partial charge in [-0.3, -0.25) is 15.0 Å². The Hall–Kier alpha value is -0.610. The molecular weight excluding hydrogens is 250 g/mol. The Balaban J connectivity index is 1.74.